The van der Waals surface area contributed by atoms with E-state index in [-0.39, 0.29) is 16.7 Å². The summed E-state index contributed by atoms with van der Waals surface area (Å²) in [6, 6.07) is 2.91. The second-order valence-electron chi connectivity index (χ2n) is 6.72. The summed E-state index contributed by atoms with van der Waals surface area (Å²) in [6.45, 7) is 7.60. The minimum absolute atomic E-state index is 0.0557. The molecule has 0 aliphatic carbocycles. The number of aliphatic carboxylic acids is 1. The first kappa shape index (κ1) is 18.6. The quantitative estimate of drug-likeness (QED) is 0.618. The Bertz CT molecular complexity index is 619. The van der Waals surface area contributed by atoms with Crippen LogP contribution in [0.4, 0.5) is 5.69 Å². The Morgan fingerprint density at radius 3 is 2.43 bits per heavy atom. The summed E-state index contributed by atoms with van der Waals surface area (Å²) in [7, 11) is 0. The predicted octanol–water partition coefficient (Wildman–Crippen LogP) is 2.91. The summed E-state index contributed by atoms with van der Waals surface area (Å²) in [5.41, 5.74) is 0.399. The maximum atomic E-state index is 12.3. The fraction of sp³-hybridized carbons (Fsp3) is 0.500. The summed E-state index contributed by atoms with van der Waals surface area (Å²) in [6.07, 6.45) is 0.913. The number of non-ortho nitro benzene ring substituents is 1. The Labute approximate surface area is 134 Å². The van der Waals surface area contributed by atoms with Crippen LogP contribution in [-0.2, 0) is 4.79 Å². The van der Waals surface area contributed by atoms with Gasteiger partial charge in [-0.25, -0.2) is 4.79 Å². The number of amides is 1. The van der Waals surface area contributed by atoms with Crippen molar-refractivity contribution in [1.82, 2.24) is 5.32 Å². The molecule has 0 aliphatic rings. The minimum Gasteiger partial charge on any atom is -0.480 e. The average molecular weight is 322 g/mol. The third-order valence-corrected chi connectivity index (χ3v) is 3.46. The van der Waals surface area contributed by atoms with Gasteiger partial charge in [-0.05, 0) is 30.7 Å². The van der Waals surface area contributed by atoms with E-state index in [1.807, 2.05) is 20.8 Å². The number of rotatable bonds is 6. The number of carboxylic acid groups (broad SMARTS) is 1. The van der Waals surface area contributed by atoms with E-state index in [4.69, 9.17) is 0 Å². The molecule has 1 amide bonds. The fourth-order valence-corrected chi connectivity index (χ4v) is 2.04. The van der Waals surface area contributed by atoms with Crippen LogP contribution in [0.3, 0.4) is 0 Å². The second-order valence-corrected chi connectivity index (χ2v) is 6.72. The lowest BCUT2D eigenvalue weighted by molar-refractivity contribution is -0.384. The van der Waals surface area contributed by atoms with Crippen LogP contribution in [0.1, 0.15) is 49.5 Å². The first-order valence-electron chi connectivity index (χ1n) is 7.30. The van der Waals surface area contributed by atoms with Gasteiger partial charge in [-0.3, -0.25) is 14.9 Å². The molecule has 0 saturated heterocycles. The number of nitro groups is 1. The molecule has 0 fully saturated rings. The van der Waals surface area contributed by atoms with E-state index in [0.717, 1.165) is 6.07 Å². The third-order valence-electron chi connectivity index (χ3n) is 3.46. The molecule has 0 saturated carbocycles. The van der Waals surface area contributed by atoms with E-state index in [1.54, 1.807) is 6.92 Å². The zero-order valence-electron chi connectivity index (χ0n) is 13.8. The van der Waals surface area contributed by atoms with Crippen LogP contribution in [0.2, 0.25) is 0 Å². The molecule has 23 heavy (non-hydrogen) atoms. The van der Waals surface area contributed by atoms with Crippen molar-refractivity contribution < 1.29 is 19.6 Å². The molecule has 1 atom stereocenters. The van der Waals surface area contributed by atoms with Crippen molar-refractivity contribution in [3.63, 3.8) is 0 Å². The number of nitrogens with one attached hydrogen (secondary N) is 1. The minimum atomic E-state index is -1.12. The van der Waals surface area contributed by atoms with Crippen molar-refractivity contribution >= 4 is 17.6 Å². The topological polar surface area (TPSA) is 110 Å². The molecule has 2 N–H and O–H groups in total. The van der Waals surface area contributed by atoms with E-state index in [0.29, 0.717) is 18.4 Å². The molecule has 0 radical (unpaired) electrons. The number of carboxylic acids is 1. The van der Waals surface area contributed by atoms with Crippen LogP contribution in [0.25, 0.3) is 0 Å². The molecule has 0 heterocycles. The standard InChI is InChI=1S/C16H22N2O5/c1-10-5-6-11(18(22)23)9-12(10)14(19)17-13(15(20)21)7-8-16(2,3)4/h5-6,9,13H,7-8H2,1-4H3,(H,17,19)(H,20,21). The summed E-state index contributed by atoms with van der Waals surface area (Å²) >= 11 is 0. The molecule has 0 bridgehead atoms. The van der Waals surface area contributed by atoms with E-state index in [1.165, 1.54) is 12.1 Å². The molecule has 0 aliphatic heterocycles. The van der Waals surface area contributed by atoms with E-state index >= 15 is 0 Å². The van der Waals surface area contributed by atoms with E-state index in [9.17, 15) is 24.8 Å². The highest BCUT2D eigenvalue weighted by molar-refractivity contribution is 5.98. The molecular formula is C16H22N2O5. The van der Waals surface area contributed by atoms with Crippen molar-refractivity contribution in [1.29, 1.82) is 0 Å². The normalized spacial score (nSPS) is 12.5. The van der Waals surface area contributed by atoms with Crippen molar-refractivity contribution in [2.75, 3.05) is 0 Å². The molecule has 7 nitrogen and oxygen atoms in total. The van der Waals surface area contributed by atoms with Crippen LogP contribution in [0, 0.1) is 22.5 Å². The Morgan fingerprint density at radius 2 is 1.96 bits per heavy atom. The van der Waals surface area contributed by atoms with Gasteiger partial charge in [0.2, 0.25) is 0 Å². The third kappa shape index (κ3) is 5.69. The van der Waals surface area contributed by atoms with Gasteiger partial charge in [0.15, 0.2) is 0 Å². The average Bonchev–Trinajstić information content (AvgIpc) is 2.41. The van der Waals surface area contributed by atoms with Gasteiger partial charge in [-0.2, -0.15) is 0 Å². The first-order chi connectivity index (χ1) is 10.5. The zero-order valence-corrected chi connectivity index (χ0v) is 13.8. The van der Waals surface area contributed by atoms with Gasteiger partial charge in [0.05, 0.1) is 4.92 Å². The number of nitro benzene ring substituents is 1. The van der Waals surface area contributed by atoms with Crippen molar-refractivity contribution in [3.8, 4) is 0 Å². The Hall–Kier alpha value is -2.44. The SMILES string of the molecule is Cc1ccc([N+](=O)[O-])cc1C(=O)NC(CCC(C)(C)C)C(=O)O. The van der Waals surface area contributed by atoms with Gasteiger partial charge in [-0.15, -0.1) is 0 Å². The highest BCUT2D eigenvalue weighted by Gasteiger charge is 2.24. The maximum Gasteiger partial charge on any atom is 0.326 e. The van der Waals surface area contributed by atoms with Gasteiger partial charge in [0.25, 0.3) is 11.6 Å². The Morgan fingerprint density at radius 1 is 1.35 bits per heavy atom. The summed E-state index contributed by atoms with van der Waals surface area (Å²) in [5, 5.41) is 22.5. The zero-order chi connectivity index (χ0) is 17.8. The lowest BCUT2D eigenvalue weighted by Crippen LogP contribution is -2.41. The van der Waals surface area contributed by atoms with Gasteiger partial charge < -0.3 is 10.4 Å². The van der Waals surface area contributed by atoms with Crippen LogP contribution in [0.15, 0.2) is 18.2 Å². The molecule has 0 aromatic heterocycles. The number of aryl methyl sites for hydroxylation is 1. The molecule has 126 valence electrons. The van der Waals surface area contributed by atoms with Gasteiger partial charge in [-0.1, -0.05) is 26.8 Å². The van der Waals surface area contributed by atoms with E-state index < -0.39 is 22.8 Å². The number of nitrogens with zero attached hydrogens (tertiary/aromatic N) is 1. The highest BCUT2D eigenvalue weighted by Crippen LogP contribution is 2.22. The lowest BCUT2D eigenvalue weighted by Gasteiger charge is -2.21. The fourth-order valence-electron chi connectivity index (χ4n) is 2.04. The Kier molecular flexibility index (Phi) is 5.84. The largest absolute Gasteiger partial charge is 0.480 e. The van der Waals surface area contributed by atoms with Gasteiger partial charge >= 0.3 is 5.97 Å². The monoisotopic (exact) mass is 322 g/mol. The van der Waals surface area contributed by atoms with Crippen LogP contribution < -0.4 is 5.32 Å². The molecule has 0 spiro atoms. The molecule has 1 rings (SSSR count). The van der Waals surface area contributed by atoms with E-state index in [2.05, 4.69) is 5.32 Å². The molecule has 7 heteroatoms. The number of carbonyl (C=O) groups excluding carboxylic acids is 1. The highest BCUT2D eigenvalue weighted by atomic mass is 16.6. The van der Waals surface area contributed by atoms with Crippen molar-refractivity contribution in [3.05, 3.63) is 39.4 Å². The van der Waals surface area contributed by atoms with Crippen LogP contribution >= 0.6 is 0 Å². The summed E-state index contributed by atoms with van der Waals surface area (Å²) in [5.74, 6) is -1.74. The number of benzene rings is 1. The predicted molar refractivity (Wildman–Crippen MR) is 85.4 cm³/mol. The van der Waals surface area contributed by atoms with Crippen LogP contribution in [0.5, 0.6) is 0 Å². The van der Waals surface area contributed by atoms with Crippen molar-refractivity contribution in [2.45, 2.75) is 46.6 Å². The Balaban J connectivity index is 2.93. The molecule has 1 aromatic carbocycles. The number of hydrogen-bond donors (Lipinski definition) is 2. The lowest BCUT2D eigenvalue weighted by atomic mass is 9.88. The maximum absolute atomic E-state index is 12.3. The summed E-state index contributed by atoms with van der Waals surface area (Å²) in [4.78, 5) is 33.8. The number of carbonyl (C=O) groups is 2. The summed E-state index contributed by atoms with van der Waals surface area (Å²) < 4.78 is 0. The smallest absolute Gasteiger partial charge is 0.326 e. The van der Waals surface area contributed by atoms with Crippen LogP contribution in [-0.4, -0.2) is 27.9 Å². The van der Waals surface area contributed by atoms with Gasteiger partial charge in [0.1, 0.15) is 6.04 Å². The molecular weight excluding hydrogens is 300 g/mol. The first-order valence-corrected chi connectivity index (χ1v) is 7.30. The second kappa shape index (κ2) is 7.21. The number of hydrogen-bond acceptors (Lipinski definition) is 4. The molecule has 1 unspecified atom stereocenters. The van der Waals surface area contributed by atoms with Crippen molar-refractivity contribution in [2.24, 2.45) is 5.41 Å². The van der Waals surface area contributed by atoms with Gasteiger partial charge in [0, 0.05) is 17.7 Å². The molecule has 1 aromatic rings.